The van der Waals surface area contributed by atoms with Gasteiger partial charge in [0.25, 0.3) is 0 Å². The minimum Gasteiger partial charge on any atom is -0.497 e. The van der Waals surface area contributed by atoms with Crippen molar-refractivity contribution in [3.8, 4) is 5.75 Å². The summed E-state index contributed by atoms with van der Waals surface area (Å²) in [5, 5.41) is 0.507. The van der Waals surface area contributed by atoms with E-state index in [9.17, 15) is 0 Å². The Labute approximate surface area is 124 Å². The number of halogens is 2. The van der Waals surface area contributed by atoms with Crippen LogP contribution >= 0.6 is 23.2 Å². The molecule has 2 aromatic carbocycles. The summed E-state index contributed by atoms with van der Waals surface area (Å²) < 4.78 is 5.14. The van der Waals surface area contributed by atoms with E-state index >= 15 is 0 Å². The minimum absolute atomic E-state index is 0.139. The van der Waals surface area contributed by atoms with Crippen molar-refractivity contribution in [3.05, 3.63) is 64.2 Å². The van der Waals surface area contributed by atoms with Crippen molar-refractivity contribution in [3.63, 3.8) is 0 Å². The largest absolute Gasteiger partial charge is 0.497 e. The molecule has 0 aliphatic heterocycles. The molecule has 1 nitrogen and oxygen atoms in total. The number of ether oxygens (including phenoxy) is 1. The second-order valence-electron chi connectivity index (χ2n) is 4.49. The van der Waals surface area contributed by atoms with E-state index in [1.54, 1.807) is 13.2 Å². The lowest BCUT2D eigenvalue weighted by atomic mass is 10.00. The van der Waals surface area contributed by atoms with E-state index in [-0.39, 0.29) is 5.38 Å². The van der Waals surface area contributed by atoms with Crippen LogP contribution in [0.15, 0.2) is 42.5 Å². The van der Waals surface area contributed by atoms with E-state index in [1.807, 2.05) is 24.3 Å². The van der Waals surface area contributed by atoms with Gasteiger partial charge in [0.15, 0.2) is 0 Å². The first kappa shape index (κ1) is 14.2. The van der Waals surface area contributed by atoms with Gasteiger partial charge < -0.3 is 4.74 Å². The predicted octanol–water partition coefficient (Wildman–Crippen LogP) is 5.18. The van der Waals surface area contributed by atoms with Crippen molar-refractivity contribution >= 4 is 23.2 Å². The first-order valence-electron chi connectivity index (χ1n) is 6.14. The molecule has 0 spiro atoms. The van der Waals surface area contributed by atoms with Gasteiger partial charge in [-0.1, -0.05) is 41.9 Å². The Morgan fingerprint density at radius 1 is 1.16 bits per heavy atom. The first-order chi connectivity index (χ1) is 9.11. The van der Waals surface area contributed by atoms with Gasteiger partial charge in [-0.3, -0.25) is 0 Å². The number of rotatable bonds is 4. The predicted molar refractivity (Wildman–Crippen MR) is 81.5 cm³/mol. The molecule has 0 aromatic heterocycles. The second-order valence-corrected chi connectivity index (χ2v) is 5.42. The van der Waals surface area contributed by atoms with Crippen LogP contribution in [0.4, 0.5) is 0 Å². The summed E-state index contributed by atoms with van der Waals surface area (Å²) in [6, 6.07) is 13.9. The number of methoxy groups -OCH3 is 1. The van der Waals surface area contributed by atoms with E-state index in [0.29, 0.717) is 5.02 Å². The van der Waals surface area contributed by atoms with E-state index < -0.39 is 0 Å². The average molecular weight is 295 g/mol. The van der Waals surface area contributed by atoms with Gasteiger partial charge in [0.05, 0.1) is 12.5 Å². The first-order valence-corrected chi connectivity index (χ1v) is 6.95. The number of hydrogen-bond donors (Lipinski definition) is 0. The molecule has 2 rings (SSSR count). The lowest BCUT2D eigenvalue weighted by molar-refractivity contribution is 0.414. The molecule has 1 atom stereocenters. The van der Waals surface area contributed by atoms with Gasteiger partial charge >= 0.3 is 0 Å². The molecule has 2 aromatic rings. The number of benzene rings is 2. The van der Waals surface area contributed by atoms with Crippen LogP contribution in [0.5, 0.6) is 5.75 Å². The van der Waals surface area contributed by atoms with Crippen molar-refractivity contribution in [2.45, 2.75) is 18.7 Å². The molecule has 0 N–H and O–H groups in total. The van der Waals surface area contributed by atoms with Gasteiger partial charge in [-0.15, -0.1) is 11.6 Å². The Hall–Kier alpha value is -1.18. The number of aryl methyl sites for hydroxylation is 1. The van der Waals surface area contributed by atoms with Crippen LogP contribution in [0.25, 0.3) is 0 Å². The molecule has 3 heteroatoms. The van der Waals surface area contributed by atoms with Crippen LogP contribution in [-0.2, 0) is 6.42 Å². The van der Waals surface area contributed by atoms with Crippen molar-refractivity contribution in [2.24, 2.45) is 0 Å². The van der Waals surface area contributed by atoms with Crippen LogP contribution in [0, 0.1) is 6.92 Å². The molecule has 0 amide bonds. The lowest BCUT2D eigenvalue weighted by Gasteiger charge is -2.14. The molecule has 100 valence electrons. The Bertz CT molecular complexity index is 566. The summed E-state index contributed by atoms with van der Waals surface area (Å²) in [5.41, 5.74) is 3.43. The molecule has 0 saturated heterocycles. The van der Waals surface area contributed by atoms with Crippen molar-refractivity contribution in [1.82, 2.24) is 0 Å². The third-order valence-electron chi connectivity index (χ3n) is 3.21. The van der Waals surface area contributed by atoms with Gasteiger partial charge in [-0.2, -0.15) is 0 Å². The fourth-order valence-electron chi connectivity index (χ4n) is 2.03. The maximum absolute atomic E-state index is 6.49. The highest BCUT2D eigenvalue weighted by Gasteiger charge is 2.14. The Morgan fingerprint density at radius 2 is 1.89 bits per heavy atom. The second kappa shape index (κ2) is 6.31. The third kappa shape index (κ3) is 3.43. The van der Waals surface area contributed by atoms with Gasteiger partial charge in [-0.05, 0) is 42.2 Å². The third-order valence-corrected chi connectivity index (χ3v) is 3.92. The SMILES string of the molecule is COc1ccc(C(Cl)Cc2ccccc2C)c(Cl)c1. The zero-order valence-corrected chi connectivity index (χ0v) is 12.5. The Balaban J connectivity index is 2.21. The molecule has 0 heterocycles. The average Bonchev–Trinajstić information content (AvgIpc) is 2.41. The highest BCUT2D eigenvalue weighted by atomic mass is 35.5. The quantitative estimate of drug-likeness (QED) is 0.706. The van der Waals surface area contributed by atoms with Crippen LogP contribution in [-0.4, -0.2) is 7.11 Å². The Morgan fingerprint density at radius 3 is 2.53 bits per heavy atom. The van der Waals surface area contributed by atoms with Gasteiger partial charge in [0, 0.05) is 5.02 Å². The van der Waals surface area contributed by atoms with E-state index in [1.165, 1.54) is 11.1 Å². The van der Waals surface area contributed by atoms with E-state index in [0.717, 1.165) is 17.7 Å². The molecule has 0 saturated carbocycles. The van der Waals surface area contributed by atoms with Crippen LogP contribution in [0.3, 0.4) is 0 Å². The molecule has 19 heavy (non-hydrogen) atoms. The summed E-state index contributed by atoms with van der Waals surface area (Å²) in [5.74, 6) is 0.744. The molecule has 0 bridgehead atoms. The fraction of sp³-hybridized carbons (Fsp3) is 0.250. The monoisotopic (exact) mass is 294 g/mol. The summed E-state index contributed by atoms with van der Waals surface area (Å²) in [4.78, 5) is 0. The van der Waals surface area contributed by atoms with Crippen LogP contribution < -0.4 is 4.74 Å². The summed E-state index contributed by atoms with van der Waals surface area (Å²) in [7, 11) is 1.62. The summed E-state index contributed by atoms with van der Waals surface area (Å²) in [6.45, 7) is 2.09. The zero-order chi connectivity index (χ0) is 13.8. The highest BCUT2D eigenvalue weighted by Crippen LogP contribution is 2.33. The molecule has 0 fully saturated rings. The van der Waals surface area contributed by atoms with Gasteiger partial charge in [-0.25, -0.2) is 0 Å². The Kier molecular flexibility index (Phi) is 4.73. The zero-order valence-electron chi connectivity index (χ0n) is 11.0. The maximum atomic E-state index is 6.49. The number of hydrogen-bond acceptors (Lipinski definition) is 1. The van der Waals surface area contributed by atoms with Crippen LogP contribution in [0.2, 0.25) is 5.02 Å². The molecule has 0 aliphatic carbocycles. The molecule has 0 aliphatic rings. The van der Waals surface area contributed by atoms with Crippen molar-refractivity contribution in [1.29, 1.82) is 0 Å². The van der Waals surface area contributed by atoms with Crippen LogP contribution in [0.1, 0.15) is 22.1 Å². The minimum atomic E-state index is -0.139. The topological polar surface area (TPSA) is 9.23 Å². The summed E-state index contributed by atoms with van der Waals surface area (Å²) >= 11 is 12.7. The van der Waals surface area contributed by atoms with Crippen molar-refractivity contribution < 1.29 is 4.74 Å². The van der Waals surface area contributed by atoms with E-state index in [4.69, 9.17) is 27.9 Å². The standard InChI is InChI=1S/C16H16Cl2O/c1-11-5-3-4-6-12(11)9-15(17)14-8-7-13(19-2)10-16(14)18/h3-8,10,15H,9H2,1-2H3. The molecular formula is C16H16Cl2O. The normalized spacial score (nSPS) is 12.2. The van der Waals surface area contributed by atoms with Gasteiger partial charge in [0.1, 0.15) is 5.75 Å². The molecular weight excluding hydrogens is 279 g/mol. The molecule has 1 unspecified atom stereocenters. The maximum Gasteiger partial charge on any atom is 0.120 e. The van der Waals surface area contributed by atoms with Gasteiger partial charge in [0.2, 0.25) is 0 Å². The fourth-order valence-corrected chi connectivity index (χ4v) is 2.75. The summed E-state index contributed by atoms with van der Waals surface area (Å²) in [6.07, 6.45) is 0.764. The highest BCUT2D eigenvalue weighted by molar-refractivity contribution is 6.33. The van der Waals surface area contributed by atoms with Crippen molar-refractivity contribution in [2.75, 3.05) is 7.11 Å². The lowest BCUT2D eigenvalue weighted by Crippen LogP contribution is -1.99. The smallest absolute Gasteiger partial charge is 0.120 e. The van der Waals surface area contributed by atoms with E-state index in [2.05, 4.69) is 19.1 Å². The molecule has 0 radical (unpaired) electrons. The number of alkyl halides is 1.